The largest absolute Gasteiger partial charge is 0.486 e. The fraction of sp³-hybridized carbons (Fsp3) is 0.478. The van der Waals surface area contributed by atoms with E-state index < -0.39 is 10.0 Å². The summed E-state index contributed by atoms with van der Waals surface area (Å²) >= 11 is 0. The third-order valence-electron chi connectivity index (χ3n) is 7.03. The van der Waals surface area contributed by atoms with Gasteiger partial charge in [0.05, 0.1) is 10.6 Å². The predicted octanol–water partition coefficient (Wildman–Crippen LogP) is 3.25. The number of sulfonamides is 1. The SMILES string of the molecule is Cc1ccc(C23C[C@H](C)N(C2)C3)cc1S(=O)(=O)N(C)c1ccc2c(c1C)OCCO2. The molecule has 160 valence electrons. The number of benzene rings is 2. The van der Waals surface area contributed by atoms with Gasteiger partial charge in [-0.25, -0.2) is 8.42 Å². The second-order valence-electron chi connectivity index (χ2n) is 8.93. The summed E-state index contributed by atoms with van der Waals surface area (Å²) in [5.41, 5.74) is 3.37. The van der Waals surface area contributed by atoms with Crippen LogP contribution in [-0.2, 0) is 15.4 Å². The monoisotopic (exact) mass is 428 g/mol. The molecule has 0 unspecified atom stereocenters. The summed E-state index contributed by atoms with van der Waals surface area (Å²) in [4.78, 5) is 2.84. The number of fused-ring (bicyclic) bond motifs is 2. The Morgan fingerprint density at radius 2 is 1.83 bits per heavy atom. The second-order valence-corrected chi connectivity index (χ2v) is 10.9. The summed E-state index contributed by atoms with van der Waals surface area (Å²) in [6.07, 6.45) is 1.09. The van der Waals surface area contributed by atoms with Gasteiger partial charge in [0.1, 0.15) is 13.2 Å². The quantitative estimate of drug-likeness (QED) is 0.748. The van der Waals surface area contributed by atoms with Crippen molar-refractivity contribution >= 4 is 15.7 Å². The fourth-order valence-electron chi connectivity index (χ4n) is 5.24. The van der Waals surface area contributed by atoms with Crippen molar-refractivity contribution in [3.63, 3.8) is 0 Å². The number of nitrogens with zero attached hydrogens (tertiary/aromatic N) is 2. The van der Waals surface area contributed by atoms with Crippen LogP contribution in [0.3, 0.4) is 0 Å². The number of hydrogen-bond acceptors (Lipinski definition) is 5. The van der Waals surface area contributed by atoms with Crippen molar-refractivity contribution in [1.82, 2.24) is 4.90 Å². The van der Waals surface area contributed by atoms with Crippen molar-refractivity contribution in [2.45, 2.75) is 43.5 Å². The zero-order chi connectivity index (χ0) is 21.3. The highest BCUT2D eigenvalue weighted by Crippen LogP contribution is 2.48. The van der Waals surface area contributed by atoms with Crippen LogP contribution in [0.5, 0.6) is 11.5 Å². The highest BCUT2D eigenvalue weighted by Gasteiger charge is 2.53. The summed E-state index contributed by atoms with van der Waals surface area (Å²) < 4.78 is 40.1. The topological polar surface area (TPSA) is 59.1 Å². The Kier molecular flexibility index (Phi) is 4.35. The first kappa shape index (κ1) is 19.7. The molecule has 0 spiro atoms. The molecule has 0 N–H and O–H groups in total. The second kappa shape index (κ2) is 6.62. The Hall–Kier alpha value is -2.25. The first-order valence-corrected chi connectivity index (χ1v) is 11.9. The van der Waals surface area contributed by atoms with Gasteiger partial charge in [-0.3, -0.25) is 9.21 Å². The third kappa shape index (κ3) is 2.75. The molecular formula is C23H28N2O4S. The van der Waals surface area contributed by atoms with E-state index in [-0.39, 0.29) is 5.41 Å². The lowest BCUT2D eigenvalue weighted by Crippen LogP contribution is -2.50. The van der Waals surface area contributed by atoms with Crippen molar-refractivity contribution in [2.24, 2.45) is 0 Å². The van der Waals surface area contributed by atoms with Crippen LogP contribution < -0.4 is 13.8 Å². The lowest BCUT2D eigenvalue weighted by Gasteiger charge is -2.41. The minimum atomic E-state index is -3.72. The lowest BCUT2D eigenvalue weighted by atomic mass is 9.76. The van der Waals surface area contributed by atoms with Gasteiger partial charge in [-0.2, -0.15) is 0 Å². The van der Waals surface area contributed by atoms with Crippen molar-refractivity contribution in [1.29, 1.82) is 0 Å². The van der Waals surface area contributed by atoms with Crippen LogP contribution in [0.1, 0.15) is 30.0 Å². The fourth-order valence-corrected chi connectivity index (χ4v) is 6.74. The molecule has 0 saturated carbocycles. The van der Waals surface area contributed by atoms with Crippen molar-refractivity contribution in [3.05, 3.63) is 47.0 Å². The molecule has 7 heteroatoms. The molecule has 6 rings (SSSR count). The number of anilines is 1. The Morgan fingerprint density at radius 1 is 1.10 bits per heavy atom. The predicted molar refractivity (Wildman–Crippen MR) is 116 cm³/mol. The van der Waals surface area contributed by atoms with Crippen LogP contribution in [0.25, 0.3) is 0 Å². The minimum absolute atomic E-state index is 0.100. The maximum atomic E-state index is 13.7. The van der Waals surface area contributed by atoms with Gasteiger partial charge >= 0.3 is 0 Å². The molecule has 0 radical (unpaired) electrons. The van der Waals surface area contributed by atoms with E-state index >= 15 is 0 Å². The van der Waals surface area contributed by atoms with E-state index in [4.69, 9.17) is 9.47 Å². The number of hydrogen-bond donors (Lipinski definition) is 0. The molecule has 4 aliphatic heterocycles. The zero-order valence-corrected chi connectivity index (χ0v) is 18.8. The number of ether oxygens (including phenoxy) is 2. The molecule has 4 heterocycles. The van der Waals surface area contributed by atoms with E-state index in [1.54, 1.807) is 19.2 Å². The first-order chi connectivity index (χ1) is 14.2. The average molecular weight is 429 g/mol. The van der Waals surface area contributed by atoms with E-state index in [0.29, 0.717) is 41.3 Å². The molecule has 6 nitrogen and oxygen atoms in total. The number of aryl methyl sites for hydroxylation is 1. The van der Waals surface area contributed by atoms with E-state index in [2.05, 4.69) is 17.9 Å². The summed E-state index contributed by atoms with van der Waals surface area (Å²) in [6.45, 7) is 9.00. The normalized spacial score (nSPS) is 26.9. The molecule has 2 aromatic rings. The summed E-state index contributed by atoms with van der Waals surface area (Å²) in [6, 6.07) is 10.1. The van der Waals surface area contributed by atoms with Gasteiger partial charge in [-0.15, -0.1) is 0 Å². The first-order valence-electron chi connectivity index (χ1n) is 10.5. The molecule has 1 atom stereocenters. The molecule has 2 aromatic carbocycles. The molecular weight excluding hydrogens is 400 g/mol. The standard InChI is InChI=1S/C23H28N2O4S/c1-15-5-6-18(23-12-16(2)25(13-23)14-23)11-21(15)30(26,27)24(4)19-7-8-20-22(17(19)3)29-10-9-28-20/h5-8,11,16H,9-10,12-14H2,1-4H3/t16-/m0/s1. The van der Waals surface area contributed by atoms with Crippen LogP contribution >= 0.6 is 0 Å². The number of rotatable bonds is 4. The van der Waals surface area contributed by atoms with E-state index in [1.165, 1.54) is 4.31 Å². The van der Waals surface area contributed by atoms with Crippen molar-refractivity contribution in [3.8, 4) is 11.5 Å². The third-order valence-corrected chi connectivity index (χ3v) is 8.94. The molecule has 30 heavy (non-hydrogen) atoms. The molecule has 0 aromatic heterocycles. The van der Waals surface area contributed by atoms with E-state index in [1.807, 2.05) is 26.0 Å². The smallest absolute Gasteiger partial charge is 0.264 e. The van der Waals surface area contributed by atoms with Crippen molar-refractivity contribution in [2.75, 3.05) is 37.7 Å². The molecule has 0 amide bonds. The Bertz CT molecular complexity index is 1120. The van der Waals surface area contributed by atoms with Gasteiger partial charge < -0.3 is 9.47 Å². The summed E-state index contributed by atoms with van der Waals surface area (Å²) in [5, 5.41) is 0. The van der Waals surface area contributed by atoms with Crippen LogP contribution in [0.15, 0.2) is 35.2 Å². The zero-order valence-electron chi connectivity index (χ0n) is 17.9. The highest BCUT2D eigenvalue weighted by atomic mass is 32.2. The van der Waals surface area contributed by atoms with Gasteiger partial charge in [0.25, 0.3) is 10.0 Å². The van der Waals surface area contributed by atoms with Gasteiger partial charge in [0, 0.05) is 37.2 Å². The van der Waals surface area contributed by atoms with Crippen LogP contribution in [-0.4, -0.2) is 52.7 Å². The van der Waals surface area contributed by atoms with E-state index in [9.17, 15) is 8.42 Å². The highest BCUT2D eigenvalue weighted by molar-refractivity contribution is 7.92. The van der Waals surface area contributed by atoms with Gasteiger partial charge in [0.2, 0.25) is 0 Å². The van der Waals surface area contributed by atoms with Gasteiger partial charge in [0.15, 0.2) is 11.5 Å². The Balaban J connectivity index is 1.53. The Labute approximate surface area is 178 Å². The molecule has 3 fully saturated rings. The van der Waals surface area contributed by atoms with Crippen LogP contribution in [0, 0.1) is 13.8 Å². The summed E-state index contributed by atoms with van der Waals surface area (Å²) in [5.74, 6) is 1.29. The molecule has 4 aliphatic rings. The van der Waals surface area contributed by atoms with E-state index in [0.717, 1.165) is 36.2 Å². The van der Waals surface area contributed by atoms with Crippen molar-refractivity contribution < 1.29 is 17.9 Å². The summed E-state index contributed by atoms with van der Waals surface area (Å²) in [7, 11) is -2.11. The lowest BCUT2D eigenvalue weighted by molar-refractivity contribution is 0.149. The van der Waals surface area contributed by atoms with Gasteiger partial charge in [-0.05, 0) is 56.5 Å². The molecule has 3 saturated heterocycles. The molecule has 0 aliphatic carbocycles. The Morgan fingerprint density at radius 3 is 2.53 bits per heavy atom. The van der Waals surface area contributed by atoms with Crippen LogP contribution in [0.4, 0.5) is 5.69 Å². The maximum absolute atomic E-state index is 13.7. The van der Waals surface area contributed by atoms with Gasteiger partial charge in [-0.1, -0.05) is 12.1 Å². The minimum Gasteiger partial charge on any atom is -0.486 e. The average Bonchev–Trinajstić information content (AvgIpc) is 3.21. The maximum Gasteiger partial charge on any atom is 0.264 e. The van der Waals surface area contributed by atoms with Crippen LogP contribution in [0.2, 0.25) is 0 Å². The molecule has 2 bridgehead atoms.